The summed E-state index contributed by atoms with van der Waals surface area (Å²) >= 11 is 0. The lowest BCUT2D eigenvalue weighted by Gasteiger charge is -2.25. The van der Waals surface area contributed by atoms with E-state index in [0.29, 0.717) is 58.2 Å². The van der Waals surface area contributed by atoms with E-state index in [1.54, 1.807) is 0 Å². The molecule has 0 saturated heterocycles. The smallest absolute Gasteiger partial charge is 0.243 e. The molecule has 0 fully saturated rings. The topological polar surface area (TPSA) is 208 Å². The quantitative estimate of drug-likeness (QED) is 0.0948. The van der Waals surface area contributed by atoms with Crippen LogP contribution in [-0.2, 0) is 19.2 Å². The largest absolute Gasteiger partial charge is 0.368 e. The summed E-state index contributed by atoms with van der Waals surface area (Å²) in [6.45, 7) is 3.23. The van der Waals surface area contributed by atoms with Gasteiger partial charge in [-0.25, -0.2) is 0 Å². The van der Waals surface area contributed by atoms with Gasteiger partial charge in [-0.15, -0.1) is 0 Å². The Morgan fingerprint density at radius 3 is 1.47 bits per heavy atom. The molecule has 0 aliphatic carbocycles. The Labute approximate surface area is 216 Å². The van der Waals surface area contributed by atoms with Crippen molar-refractivity contribution in [3.05, 3.63) is 0 Å². The van der Waals surface area contributed by atoms with Gasteiger partial charge in [-0.3, -0.25) is 19.2 Å². The van der Waals surface area contributed by atoms with Gasteiger partial charge in [0.2, 0.25) is 23.6 Å². The fourth-order valence-corrected chi connectivity index (χ4v) is 3.84. The van der Waals surface area contributed by atoms with Gasteiger partial charge in [0.15, 0.2) is 0 Å². The van der Waals surface area contributed by atoms with Crippen LogP contribution < -0.4 is 38.9 Å². The van der Waals surface area contributed by atoms with Gasteiger partial charge in [0.1, 0.15) is 18.1 Å². The highest BCUT2D eigenvalue weighted by molar-refractivity contribution is 5.93. The van der Waals surface area contributed by atoms with Crippen molar-refractivity contribution in [2.24, 2.45) is 22.9 Å². The van der Waals surface area contributed by atoms with E-state index in [-0.39, 0.29) is 12.3 Å². The van der Waals surface area contributed by atoms with Crippen molar-refractivity contribution in [2.45, 2.75) is 115 Å². The van der Waals surface area contributed by atoms with E-state index in [4.69, 9.17) is 22.9 Å². The van der Waals surface area contributed by atoms with Crippen molar-refractivity contribution in [2.75, 3.05) is 19.6 Å². The van der Waals surface area contributed by atoms with Crippen molar-refractivity contribution in [1.82, 2.24) is 16.0 Å². The standard InChI is InChI=1S/C25H51N7O4/c1-2-3-4-5-6-7-8-15-22(33)30-20(13-10-17-27)24(35)32-21(14-11-18-28)25(36)31-19(23(29)34)12-9-16-26/h19-21H,2-18,26-28H2,1H3,(H2,29,34)(H,30,33)(H,31,36)(H,32,35)/t19-,20-,21-/m0/s1. The Morgan fingerprint density at radius 1 is 0.583 bits per heavy atom. The lowest BCUT2D eigenvalue weighted by molar-refractivity contribution is -0.133. The lowest BCUT2D eigenvalue weighted by Crippen LogP contribution is -2.56. The Hall–Kier alpha value is -2.24. The average molecular weight is 514 g/mol. The van der Waals surface area contributed by atoms with Gasteiger partial charge in [0, 0.05) is 6.42 Å². The first kappa shape index (κ1) is 33.8. The van der Waals surface area contributed by atoms with Crippen LogP contribution in [0.4, 0.5) is 0 Å². The van der Waals surface area contributed by atoms with Crippen LogP contribution in [0.1, 0.15) is 96.8 Å². The van der Waals surface area contributed by atoms with Crippen molar-refractivity contribution in [3.63, 3.8) is 0 Å². The van der Waals surface area contributed by atoms with Crippen LogP contribution in [0.2, 0.25) is 0 Å². The number of rotatable bonds is 23. The Balaban J connectivity index is 5.02. The molecule has 11 heteroatoms. The minimum absolute atomic E-state index is 0.195. The second-order valence-corrected chi connectivity index (χ2v) is 9.31. The fourth-order valence-electron chi connectivity index (χ4n) is 3.84. The van der Waals surface area contributed by atoms with Crippen LogP contribution in [-0.4, -0.2) is 61.4 Å². The molecule has 0 heterocycles. The maximum absolute atomic E-state index is 13.0. The van der Waals surface area contributed by atoms with E-state index < -0.39 is 35.8 Å². The van der Waals surface area contributed by atoms with Crippen LogP contribution in [0.5, 0.6) is 0 Å². The van der Waals surface area contributed by atoms with E-state index in [9.17, 15) is 19.2 Å². The molecule has 0 aromatic rings. The van der Waals surface area contributed by atoms with Crippen LogP contribution >= 0.6 is 0 Å². The van der Waals surface area contributed by atoms with Gasteiger partial charge >= 0.3 is 0 Å². The highest BCUT2D eigenvalue weighted by Gasteiger charge is 2.28. The zero-order chi connectivity index (χ0) is 27.2. The molecule has 3 atom stereocenters. The molecule has 0 spiro atoms. The summed E-state index contributed by atoms with van der Waals surface area (Å²) in [4.78, 5) is 50.1. The van der Waals surface area contributed by atoms with Crippen LogP contribution in [0.3, 0.4) is 0 Å². The van der Waals surface area contributed by atoms with Crippen LogP contribution in [0, 0.1) is 0 Å². The van der Waals surface area contributed by atoms with Gasteiger partial charge in [0.25, 0.3) is 0 Å². The molecule has 0 bridgehead atoms. The first-order chi connectivity index (χ1) is 17.3. The number of hydrogen-bond acceptors (Lipinski definition) is 7. The second-order valence-electron chi connectivity index (χ2n) is 9.31. The molecule has 4 amide bonds. The SMILES string of the molecule is CCCCCCCCCC(=O)N[C@@H](CCCN)C(=O)N[C@@H](CCCN)C(=O)N[C@@H](CCCN)C(N)=O. The number of nitrogens with two attached hydrogens (primary N) is 4. The highest BCUT2D eigenvalue weighted by Crippen LogP contribution is 2.09. The lowest BCUT2D eigenvalue weighted by atomic mass is 10.1. The average Bonchev–Trinajstić information content (AvgIpc) is 2.85. The molecule has 0 aliphatic rings. The third-order valence-corrected chi connectivity index (χ3v) is 6.04. The summed E-state index contributed by atoms with van der Waals surface area (Å²) in [5.74, 6) is -1.85. The van der Waals surface area contributed by atoms with Crippen molar-refractivity contribution < 1.29 is 19.2 Å². The molecule has 210 valence electrons. The van der Waals surface area contributed by atoms with E-state index >= 15 is 0 Å². The Kier molecular flexibility index (Phi) is 20.6. The molecule has 11 N–H and O–H groups in total. The number of unbranched alkanes of at least 4 members (excludes halogenated alkanes) is 6. The molecule has 0 aromatic carbocycles. The number of nitrogens with one attached hydrogen (secondary N) is 3. The van der Waals surface area contributed by atoms with Crippen molar-refractivity contribution in [3.8, 4) is 0 Å². The molecule has 11 nitrogen and oxygen atoms in total. The molecule has 0 aromatic heterocycles. The number of carbonyl (C=O) groups is 4. The van der Waals surface area contributed by atoms with Gasteiger partial charge in [-0.2, -0.15) is 0 Å². The summed E-state index contributed by atoms with van der Waals surface area (Å²) in [6, 6.07) is -2.60. The molecule has 0 rings (SSSR count). The maximum Gasteiger partial charge on any atom is 0.243 e. The number of carbonyl (C=O) groups excluding carboxylic acids is 4. The second kappa shape index (κ2) is 22.0. The molecule has 0 aliphatic heterocycles. The van der Waals surface area contributed by atoms with Gasteiger partial charge in [-0.05, 0) is 64.6 Å². The fraction of sp³-hybridized carbons (Fsp3) is 0.840. The Bertz CT molecular complexity index is 634. The van der Waals surface area contributed by atoms with Gasteiger partial charge in [-0.1, -0.05) is 45.4 Å². The van der Waals surface area contributed by atoms with E-state index in [1.807, 2.05) is 0 Å². The van der Waals surface area contributed by atoms with Crippen molar-refractivity contribution >= 4 is 23.6 Å². The number of hydrogen-bond donors (Lipinski definition) is 7. The normalized spacial score (nSPS) is 13.4. The summed E-state index contributed by atoms with van der Waals surface area (Å²) in [5, 5.41) is 8.13. The summed E-state index contributed by atoms with van der Waals surface area (Å²) in [7, 11) is 0. The van der Waals surface area contributed by atoms with Crippen molar-refractivity contribution in [1.29, 1.82) is 0 Å². The monoisotopic (exact) mass is 513 g/mol. The molecule has 0 radical (unpaired) electrons. The summed E-state index contributed by atoms with van der Waals surface area (Å²) in [5.41, 5.74) is 22.1. The zero-order valence-corrected chi connectivity index (χ0v) is 22.2. The first-order valence-electron chi connectivity index (χ1n) is 13.6. The minimum Gasteiger partial charge on any atom is -0.368 e. The molecule has 0 saturated carbocycles. The number of primary amides is 1. The minimum atomic E-state index is -0.916. The Morgan fingerprint density at radius 2 is 1.00 bits per heavy atom. The first-order valence-corrected chi connectivity index (χ1v) is 13.6. The molecular formula is C25H51N7O4. The van der Waals surface area contributed by atoms with E-state index in [1.165, 1.54) is 25.7 Å². The van der Waals surface area contributed by atoms with Crippen LogP contribution in [0.25, 0.3) is 0 Å². The predicted octanol–water partition coefficient (Wildman–Crippen LogP) is 0.284. The molecule has 36 heavy (non-hydrogen) atoms. The molecular weight excluding hydrogens is 462 g/mol. The predicted molar refractivity (Wildman–Crippen MR) is 142 cm³/mol. The third-order valence-electron chi connectivity index (χ3n) is 6.04. The summed E-state index contributed by atoms with van der Waals surface area (Å²) < 4.78 is 0. The maximum atomic E-state index is 13.0. The van der Waals surface area contributed by atoms with E-state index in [0.717, 1.165) is 19.3 Å². The zero-order valence-electron chi connectivity index (χ0n) is 22.2. The van der Waals surface area contributed by atoms with Gasteiger partial charge < -0.3 is 38.9 Å². The summed E-state index contributed by atoms with van der Waals surface area (Å²) in [6.07, 6.45) is 10.5. The third kappa shape index (κ3) is 16.4. The van der Waals surface area contributed by atoms with Crippen LogP contribution in [0.15, 0.2) is 0 Å². The molecule has 0 unspecified atom stereocenters. The van der Waals surface area contributed by atoms with E-state index in [2.05, 4.69) is 22.9 Å². The van der Waals surface area contributed by atoms with Gasteiger partial charge in [0.05, 0.1) is 0 Å². The number of amides is 4. The highest BCUT2D eigenvalue weighted by atomic mass is 16.2.